The van der Waals surface area contributed by atoms with Gasteiger partial charge in [-0.05, 0) is 6.92 Å². The topological polar surface area (TPSA) is 64.9 Å². The van der Waals surface area contributed by atoms with Crippen LogP contribution in [0, 0.1) is 6.92 Å². The Morgan fingerprint density at radius 2 is 2.30 bits per heavy atom. The number of nitrogens with two attached hydrogens (primary N) is 1. The van der Waals surface area contributed by atoms with Crippen LogP contribution in [0.3, 0.4) is 0 Å². The molecular weight excluding hydrogens is 130 g/mol. The lowest BCUT2D eigenvalue weighted by molar-refractivity contribution is 0.509. The Morgan fingerprint density at radius 1 is 1.60 bits per heavy atom. The Balaban J connectivity index is 2.86. The molecule has 1 aromatic rings. The van der Waals surface area contributed by atoms with Crippen LogP contribution in [0.25, 0.3) is 6.08 Å². The van der Waals surface area contributed by atoms with Crippen LogP contribution in [0.2, 0.25) is 0 Å². The summed E-state index contributed by atoms with van der Waals surface area (Å²) >= 11 is 0. The maximum absolute atomic E-state index is 5.37. The number of hydrogen-bond donors (Lipinski definition) is 1. The molecule has 0 spiro atoms. The molecule has 0 aromatic carbocycles. The summed E-state index contributed by atoms with van der Waals surface area (Å²) in [5.74, 6) is 1.00. The van der Waals surface area contributed by atoms with Gasteiger partial charge < -0.3 is 10.2 Å². The molecule has 10 heavy (non-hydrogen) atoms. The van der Waals surface area contributed by atoms with Gasteiger partial charge >= 0.3 is 0 Å². The van der Waals surface area contributed by atoms with Gasteiger partial charge in [-0.2, -0.15) is 0 Å². The highest BCUT2D eigenvalue weighted by atomic mass is 16.4. The third kappa shape index (κ3) is 1.58. The fraction of sp³-hybridized carbons (Fsp3) is 0.333. The van der Waals surface area contributed by atoms with Crippen molar-refractivity contribution in [2.24, 2.45) is 5.73 Å². The number of aryl methyl sites for hydroxylation is 1. The Morgan fingerprint density at radius 3 is 2.70 bits per heavy atom. The number of allylic oxidation sites excluding steroid dienone is 1. The van der Waals surface area contributed by atoms with Crippen molar-refractivity contribution in [1.29, 1.82) is 0 Å². The van der Waals surface area contributed by atoms with Crippen LogP contribution >= 0.6 is 0 Å². The zero-order chi connectivity index (χ0) is 7.56. The predicted octanol–water partition coefficient (Wildman–Crippen LogP) is 0.698. The van der Waals surface area contributed by atoms with Gasteiger partial charge in [-0.25, -0.2) is 0 Å². The fourth-order valence-corrected chi connectivity index (χ4v) is 0.565. The summed E-state index contributed by atoms with van der Waals surface area (Å²) in [5, 5.41) is 7.34. The molecule has 1 aromatic heterocycles. The minimum Gasteiger partial charge on any atom is -0.422 e. The van der Waals surface area contributed by atoms with Crippen molar-refractivity contribution in [3.05, 3.63) is 17.5 Å². The van der Waals surface area contributed by atoms with Gasteiger partial charge in [0.15, 0.2) is 0 Å². The van der Waals surface area contributed by atoms with Gasteiger partial charge in [0, 0.05) is 18.7 Å². The molecule has 0 fully saturated rings. The van der Waals surface area contributed by atoms with Crippen molar-refractivity contribution in [2.45, 2.75) is 13.8 Å². The molecule has 0 amide bonds. The van der Waals surface area contributed by atoms with Crippen molar-refractivity contribution in [3.8, 4) is 0 Å². The fourth-order valence-electron chi connectivity index (χ4n) is 0.565. The summed E-state index contributed by atoms with van der Waals surface area (Å²) in [7, 11) is 0. The van der Waals surface area contributed by atoms with Gasteiger partial charge in [0.05, 0.1) is 0 Å². The van der Waals surface area contributed by atoms with Crippen molar-refractivity contribution < 1.29 is 4.42 Å². The van der Waals surface area contributed by atoms with Gasteiger partial charge in [-0.3, -0.25) is 0 Å². The van der Waals surface area contributed by atoms with Crippen molar-refractivity contribution in [1.82, 2.24) is 10.2 Å². The maximum atomic E-state index is 5.37. The molecule has 0 atom stereocenters. The van der Waals surface area contributed by atoms with Gasteiger partial charge in [0.2, 0.25) is 11.8 Å². The van der Waals surface area contributed by atoms with Crippen LogP contribution in [0.5, 0.6) is 0 Å². The molecule has 0 saturated heterocycles. The van der Waals surface area contributed by atoms with Crippen LogP contribution < -0.4 is 5.73 Å². The Bertz CT molecular complexity index is 247. The van der Waals surface area contributed by atoms with Gasteiger partial charge in [-0.15, -0.1) is 10.2 Å². The Kier molecular flexibility index (Phi) is 1.71. The molecule has 0 aliphatic rings. The van der Waals surface area contributed by atoms with Crippen LogP contribution in [0.15, 0.2) is 10.1 Å². The van der Waals surface area contributed by atoms with E-state index in [1.54, 1.807) is 19.9 Å². The van der Waals surface area contributed by atoms with E-state index in [1.165, 1.54) is 0 Å². The first-order chi connectivity index (χ1) is 4.68. The van der Waals surface area contributed by atoms with E-state index in [0.717, 1.165) is 0 Å². The standard InChI is InChI=1S/C6H9N3O/c1-4(7)3-6-9-8-5(2)10-6/h3H,7H2,1-2H3. The summed E-state index contributed by atoms with van der Waals surface area (Å²) in [6.45, 7) is 3.50. The van der Waals surface area contributed by atoms with E-state index in [2.05, 4.69) is 10.2 Å². The van der Waals surface area contributed by atoms with E-state index in [-0.39, 0.29) is 0 Å². The number of nitrogens with zero attached hydrogens (tertiary/aromatic N) is 2. The summed E-state index contributed by atoms with van der Waals surface area (Å²) in [4.78, 5) is 0. The van der Waals surface area contributed by atoms with E-state index in [4.69, 9.17) is 10.2 Å². The van der Waals surface area contributed by atoms with Crippen LogP contribution in [0.4, 0.5) is 0 Å². The zero-order valence-corrected chi connectivity index (χ0v) is 5.96. The summed E-state index contributed by atoms with van der Waals surface area (Å²) in [5.41, 5.74) is 6.02. The molecule has 0 unspecified atom stereocenters. The Hall–Kier alpha value is -1.32. The minimum absolute atomic E-state index is 0.456. The van der Waals surface area contributed by atoms with Gasteiger partial charge in [0.1, 0.15) is 0 Å². The van der Waals surface area contributed by atoms with Crippen molar-refractivity contribution in [3.63, 3.8) is 0 Å². The quantitative estimate of drug-likeness (QED) is 0.621. The Labute approximate surface area is 58.7 Å². The first kappa shape index (κ1) is 6.80. The molecule has 0 radical (unpaired) electrons. The number of aromatic nitrogens is 2. The van der Waals surface area contributed by atoms with Crippen LogP contribution in [-0.2, 0) is 0 Å². The zero-order valence-electron chi connectivity index (χ0n) is 5.96. The molecule has 4 nitrogen and oxygen atoms in total. The summed E-state index contributed by atoms with van der Waals surface area (Å²) in [6.07, 6.45) is 1.62. The SMILES string of the molecule is CC(N)=Cc1nnc(C)o1. The van der Waals surface area contributed by atoms with E-state index < -0.39 is 0 Å². The predicted molar refractivity (Wildman–Crippen MR) is 36.9 cm³/mol. The third-order valence-corrected chi connectivity index (χ3v) is 0.893. The third-order valence-electron chi connectivity index (χ3n) is 0.893. The highest BCUT2D eigenvalue weighted by Gasteiger charge is 1.95. The minimum atomic E-state index is 0.456. The molecule has 4 heteroatoms. The normalized spacial score (nSPS) is 12.0. The van der Waals surface area contributed by atoms with E-state index in [1.807, 2.05) is 0 Å². The van der Waals surface area contributed by atoms with E-state index >= 15 is 0 Å². The second-order valence-electron chi connectivity index (χ2n) is 2.05. The second kappa shape index (κ2) is 2.51. The molecule has 2 N–H and O–H groups in total. The molecule has 54 valence electrons. The van der Waals surface area contributed by atoms with E-state index in [9.17, 15) is 0 Å². The number of hydrogen-bond acceptors (Lipinski definition) is 4. The molecule has 0 aliphatic heterocycles. The molecule has 0 aliphatic carbocycles. The molecule has 1 rings (SSSR count). The van der Waals surface area contributed by atoms with Crippen molar-refractivity contribution >= 4 is 6.08 Å². The van der Waals surface area contributed by atoms with E-state index in [0.29, 0.717) is 17.5 Å². The maximum Gasteiger partial charge on any atom is 0.242 e. The van der Waals surface area contributed by atoms with Gasteiger partial charge in [0.25, 0.3) is 0 Å². The number of rotatable bonds is 1. The molecule has 0 bridgehead atoms. The second-order valence-corrected chi connectivity index (χ2v) is 2.05. The lowest BCUT2D eigenvalue weighted by Crippen LogP contribution is -1.89. The summed E-state index contributed by atoms with van der Waals surface area (Å²) < 4.78 is 5.02. The molecule has 1 heterocycles. The lowest BCUT2D eigenvalue weighted by atomic mass is 10.4. The highest BCUT2D eigenvalue weighted by molar-refractivity contribution is 5.40. The largest absolute Gasteiger partial charge is 0.422 e. The average Bonchev–Trinajstić information content (AvgIpc) is 2.13. The lowest BCUT2D eigenvalue weighted by Gasteiger charge is -1.83. The molecule has 0 saturated carbocycles. The van der Waals surface area contributed by atoms with Crippen molar-refractivity contribution in [2.75, 3.05) is 0 Å². The summed E-state index contributed by atoms with van der Waals surface area (Å²) in [6, 6.07) is 0. The highest BCUT2D eigenvalue weighted by Crippen LogP contribution is 2.00. The van der Waals surface area contributed by atoms with Crippen LogP contribution in [-0.4, -0.2) is 10.2 Å². The first-order valence-electron chi connectivity index (χ1n) is 2.92. The van der Waals surface area contributed by atoms with Gasteiger partial charge in [-0.1, -0.05) is 0 Å². The average molecular weight is 139 g/mol. The monoisotopic (exact) mass is 139 g/mol. The smallest absolute Gasteiger partial charge is 0.242 e. The molecular formula is C6H9N3O. The first-order valence-corrected chi connectivity index (χ1v) is 2.92. The van der Waals surface area contributed by atoms with Crippen LogP contribution in [0.1, 0.15) is 18.7 Å².